The Bertz CT molecular complexity index is 868. The van der Waals surface area contributed by atoms with Crippen LogP contribution in [0.3, 0.4) is 0 Å². The molecule has 1 aromatic heterocycles. The zero-order valence-electron chi connectivity index (χ0n) is 12.4. The fraction of sp³-hybridized carbons (Fsp3) is 0. The van der Waals surface area contributed by atoms with Crippen molar-refractivity contribution in [3.05, 3.63) is 77.8 Å². The molecule has 0 bridgehead atoms. The molecular formula is C18H13FN2O3. The first-order valence-corrected chi connectivity index (χ1v) is 7.10. The van der Waals surface area contributed by atoms with Gasteiger partial charge in [0.25, 0.3) is 5.91 Å². The first kappa shape index (κ1) is 15.5. The molecule has 0 fully saturated rings. The molecule has 1 amide bonds. The van der Waals surface area contributed by atoms with E-state index in [-0.39, 0.29) is 11.6 Å². The summed E-state index contributed by atoms with van der Waals surface area (Å²) < 4.78 is 18.5. The van der Waals surface area contributed by atoms with Gasteiger partial charge in [0.1, 0.15) is 23.1 Å². The second-order valence-corrected chi connectivity index (χ2v) is 4.95. The summed E-state index contributed by atoms with van der Waals surface area (Å²) in [6.07, 6.45) is 1.37. The molecule has 0 radical (unpaired) electrons. The number of phenolic OH excluding ortho intramolecular Hbond substituents is 1. The molecule has 0 saturated carbocycles. The van der Waals surface area contributed by atoms with Crippen LogP contribution in [0.2, 0.25) is 0 Å². The fourth-order valence-electron chi connectivity index (χ4n) is 2.02. The lowest BCUT2D eigenvalue weighted by Crippen LogP contribution is -2.17. The van der Waals surface area contributed by atoms with E-state index in [0.717, 1.165) is 5.56 Å². The third-order valence-corrected chi connectivity index (χ3v) is 3.24. The van der Waals surface area contributed by atoms with Crippen molar-refractivity contribution in [3.8, 4) is 17.1 Å². The monoisotopic (exact) mass is 324 g/mol. The second-order valence-electron chi connectivity index (χ2n) is 4.95. The van der Waals surface area contributed by atoms with Crippen molar-refractivity contribution in [1.29, 1.82) is 0 Å². The molecule has 0 saturated heterocycles. The number of hydrogen-bond acceptors (Lipinski definition) is 4. The zero-order valence-corrected chi connectivity index (χ0v) is 12.4. The summed E-state index contributed by atoms with van der Waals surface area (Å²) in [7, 11) is 0. The van der Waals surface area contributed by atoms with Crippen LogP contribution in [0.25, 0.3) is 11.3 Å². The topological polar surface area (TPSA) is 74.8 Å². The van der Waals surface area contributed by atoms with Gasteiger partial charge in [-0.3, -0.25) is 4.79 Å². The van der Waals surface area contributed by atoms with Crippen molar-refractivity contribution in [1.82, 2.24) is 5.43 Å². The average Bonchev–Trinajstić information content (AvgIpc) is 3.05. The predicted molar refractivity (Wildman–Crippen MR) is 87.3 cm³/mol. The highest BCUT2D eigenvalue weighted by atomic mass is 19.1. The van der Waals surface area contributed by atoms with Crippen LogP contribution in [-0.2, 0) is 0 Å². The third kappa shape index (κ3) is 3.67. The summed E-state index contributed by atoms with van der Waals surface area (Å²) in [5.74, 6) is 0.376. The molecule has 0 spiro atoms. The molecule has 0 aliphatic rings. The Hall–Kier alpha value is -3.41. The van der Waals surface area contributed by atoms with Crippen LogP contribution < -0.4 is 5.43 Å². The Morgan fingerprint density at radius 1 is 1.04 bits per heavy atom. The highest BCUT2D eigenvalue weighted by Gasteiger charge is 2.05. The van der Waals surface area contributed by atoms with Crippen molar-refractivity contribution in [2.75, 3.05) is 0 Å². The van der Waals surface area contributed by atoms with Gasteiger partial charge < -0.3 is 9.52 Å². The summed E-state index contributed by atoms with van der Waals surface area (Å²) in [6, 6.07) is 15.2. The number of nitrogens with zero attached hydrogens (tertiary/aromatic N) is 1. The van der Waals surface area contributed by atoms with Gasteiger partial charge in [0.2, 0.25) is 0 Å². The van der Waals surface area contributed by atoms with E-state index in [9.17, 15) is 14.3 Å². The summed E-state index contributed by atoms with van der Waals surface area (Å²) in [5, 5.41) is 13.0. The Labute approximate surface area is 137 Å². The van der Waals surface area contributed by atoms with Gasteiger partial charge in [-0.15, -0.1) is 0 Å². The zero-order chi connectivity index (χ0) is 16.9. The number of benzene rings is 2. The minimum absolute atomic E-state index is 0.0824. The van der Waals surface area contributed by atoms with Crippen molar-refractivity contribution in [2.24, 2.45) is 5.10 Å². The number of amides is 1. The van der Waals surface area contributed by atoms with Crippen LogP contribution in [0.15, 0.2) is 70.2 Å². The molecule has 0 aliphatic heterocycles. The third-order valence-electron chi connectivity index (χ3n) is 3.24. The van der Waals surface area contributed by atoms with Crippen LogP contribution in [0.4, 0.5) is 4.39 Å². The number of hydrogen-bond donors (Lipinski definition) is 2. The molecular weight excluding hydrogens is 311 g/mol. The Morgan fingerprint density at radius 2 is 1.75 bits per heavy atom. The van der Waals surface area contributed by atoms with E-state index >= 15 is 0 Å². The van der Waals surface area contributed by atoms with E-state index in [4.69, 9.17) is 4.42 Å². The Kier molecular flexibility index (Phi) is 4.38. The van der Waals surface area contributed by atoms with Gasteiger partial charge in [-0.05, 0) is 60.7 Å². The molecule has 0 unspecified atom stereocenters. The van der Waals surface area contributed by atoms with Crippen molar-refractivity contribution in [3.63, 3.8) is 0 Å². The maximum Gasteiger partial charge on any atom is 0.271 e. The van der Waals surface area contributed by atoms with E-state index in [1.165, 1.54) is 42.6 Å². The van der Waals surface area contributed by atoms with E-state index < -0.39 is 5.91 Å². The van der Waals surface area contributed by atoms with Gasteiger partial charge in [-0.2, -0.15) is 5.10 Å². The van der Waals surface area contributed by atoms with Gasteiger partial charge in [0, 0.05) is 11.1 Å². The Morgan fingerprint density at radius 3 is 2.46 bits per heavy atom. The molecule has 6 heteroatoms. The van der Waals surface area contributed by atoms with Gasteiger partial charge in [-0.1, -0.05) is 0 Å². The smallest absolute Gasteiger partial charge is 0.271 e. The Balaban J connectivity index is 1.64. The first-order valence-electron chi connectivity index (χ1n) is 7.10. The molecule has 1 heterocycles. The highest BCUT2D eigenvalue weighted by molar-refractivity contribution is 5.94. The van der Waals surface area contributed by atoms with E-state index in [1.807, 2.05) is 0 Å². The van der Waals surface area contributed by atoms with Crippen LogP contribution >= 0.6 is 0 Å². The normalized spacial score (nSPS) is 10.9. The summed E-state index contributed by atoms with van der Waals surface area (Å²) >= 11 is 0. The number of halogens is 1. The summed E-state index contributed by atoms with van der Waals surface area (Å²) in [4.78, 5) is 11.8. The van der Waals surface area contributed by atoms with Gasteiger partial charge in [-0.25, -0.2) is 9.82 Å². The number of hydrazone groups is 1. The lowest BCUT2D eigenvalue weighted by atomic mass is 10.2. The number of carbonyl (C=O) groups excluding carboxylic acids is 1. The van der Waals surface area contributed by atoms with Gasteiger partial charge in [0.15, 0.2) is 0 Å². The first-order chi connectivity index (χ1) is 11.6. The lowest BCUT2D eigenvalue weighted by Gasteiger charge is -1.99. The van der Waals surface area contributed by atoms with Crippen LogP contribution in [-0.4, -0.2) is 17.2 Å². The molecule has 0 atom stereocenters. The number of aromatic hydroxyl groups is 1. The molecule has 5 nitrogen and oxygen atoms in total. The number of nitrogens with one attached hydrogen (secondary N) is 1. The predicted octanol–water partition coefficient (Wildman–Crippen LogP) is 3.56. The molecule has 120 valence electrons. The number of phenols is 1. The SMILES string of the molecule is O=C(N/N=C/c1ccc(-c2ccc(F)cc2)o1)c1ccc(O)cc1. The molecule has 0 aliphatic carbocycles. The lowest BCUT2D eigenvalue weighted by molar-refractivity contribution is 0.0955. The molecule has 24 heavy (non-hydrogen) atoms. The maximum atomic E-state index is 12.9. The van der Waals surface area contributed by atoms with Crippen LogP contribution in [0, 0.1) is 5.82 Å². The van der Waals surface area contributed by atoms with Crippen LogP contribution in [0.5, 0.6) is 5.75 Å². The molecule has 2 aromatic carbocycles. The molecule has 3 rings (SSSR count). The van der Waals surface area contributed by atoms with Crippen molar-refractivity contribution in [2.45, 2.75) is 0 Å². The van der Waals surface area contributed by atoms with Crippen molar-refractivity contribution < 1.29 is 18.7 Å². The standard InChI is InChI=1S/C18H13FN2O3/c19-14-5-1-12(2-6-14)17-10-9-16(24-17)11-20-21-18(23)13-3-7-15(22)8-4-13/h1-11,22H,(H,21,23)/b20-11+. The fourth-order valence-corrected chi connectivity index (χ4v) is 2.02. The van der Waals surface area contributed by atoms with Crippen LogP contribution in [0.1, 0.15) is 16.1 Å². The summed E-state index contributed by atoms with van der Waals surface area (Å²) in [6.45, 7) is 0. The van der Waals surface area contributed by atoms with E-state index in [2.05, 4.69) is 10.5 Å². The maximum absolute atomic E-state index is 12.9. The number of carbonyl (C=O) groups is 1. The molecule has 3 aromatic rings. The number of furan rings is 1. The van der Waals surface area contributed by atoms with Gasteiger partial charge in [0.05, 0.1) is 6.21 Å². The summed E-state index contributed by atoms with van der Waals surface area (Å²) in [5.41, 5.74) is 3.47. The highest BCUT2D eigenvalue weighted by Crippen LogP contribution is 2.21. The second kappa shape index (κ2) is 6.78. The average molecular weight is 324 g/mol. The molecule has 2 N–H and O–H groups in total. The number of rotatable bonds is 4. The quantitative estimate of drug-likeness (QED) is 0.569. The minimum Gasteiger partial charge on any atom is -0.508 e. The minimum atomic E-state index is -0.406. The van der Waals surface area contributed by atoms with E-state index in [0.29, 0.717) is 17.1 Å². The van der Waals surface area contributed by atoms with Crippen molar-refractivity contribution >= 4 is 12.1 Å². The van der Waals surface area contributed by atoms with Gasteiger partial charge >= 0.3 is 0 Å². The van der Waals surface area contributed by atoms with E-state index in [1.54, 1.807) is 24.3 Å². The largest absolute Gasteiger partial charge is 0.508 e.